The van der Waals surface area contributed by atoms with Crippen molar-refractivity contribution in [2.75, 3.05) is 26.2 Å². The molecule has 2 heterocycles. The van der Waals surface area contributed by atoms with Crippen molar-refractivity contribution in [1.29, 1.82) is 0 Å². The summed E-state index contributed by atoms with van der Waals surface area (Å²) < 4.78 is 5.42. The minimum Gasteiger partial charge on any atom is -0.410 e. The number of nitrogens with one attached hydrogen (secondary N) is 1. The summed E-state index contributed by atoms with van der Waals surface area (Å²) in [6, 6.07) is 16.6. The molecule has 138 valence electrons. The number of rotatable bonds is 2. The van der Waals surface area contributed by atoms with E-state index in [4.69, 9.17) is 4.74 Å². The standard InChI is InChI=1S/C21H21N3O3/c25-20(18-8-4-9-19-17(18)10-11-22-19)23-12-5-13-24(15-14-23)21(26)27-16-6-2-1-3-7-16/h1-4,6-11,22H,5,12-15H2. The molecule has 0 spiro atoms. The summed E-state index contributed by atoms with van der Waals surface area (Å²) in [4.78, 5) is 32.0. The van der Waals surface area contributed by atoms with E-state index < -0.39 is 0 Å². The zero-order valence-electron chi connectivity index (χ0n) is 14.9. The zero-order chi connectivity index (χ0) is 18.6. The number of ether oxygens (including phenoxy) is 1. The van der Waals surface area contributed by atoms with Gasteiger partial charge >= 0.3 is 6.09 Å². The summed E-state index contributed by atoms with van der Waals surface area (Å²) in [5, 5.41) is 0.923. The molecule has 27 heavy (non-hydrogen) atoms. The van der Waals surface area contributed by atoms with Gasteiger partial charge in [-0.05, 0) is 36.8 Å². The number of fused-ring (bicyclic) bond motifs is 1. The minimum atomic E-state index is -0.372. The van der Waals surface area contributed by atoms with Crippen LogP contribution in [0.2, 0.25) is 0 Å². The average Bonchev–Trinajstić information content (AvgIpc) is 3.04. The average molecular weight is 363 g/mol. The zero-order valence-corrected chi connectivity index (χ0v) is 14.9. The lowest BCUT2D eigenvalue weighted by Crippen LogP contribution is -2.38. The van der Waals surface area contributed by atoms with Crippen molar-refractivity contribution >= 4 is 22.9 Å². The highest BCUT2D eigenvalue weighted by Gasteiger charge is 2.24. The van der Waals surface area contributed by atoms with Crippen LogP contribution in [0, 0.1) is 0 Å². The van der Waals surface area contributed by atoms with Gasteiger partial charge in [0.05, 0.1) is 0 Å². The van der Waals surface area contributed by atoms with E-state index in [1.807, 2.05) is 53.6 Å². The second kappa shape index (κ2) is 7.53. The van der Waals surface area contributed by atoms with E-state index in [1.54, 1.807) is 17.0 Å². The Bertz CT molecular complexity index is 951. The number of carbonyl (C=O) groups is 2. The lowest BCUT2D eigenvalue weighted by molar-refractivity contribution is 0.0762. The van der Waals surface area contributed by atoms with Crippen LogP contribution in [0.15, 0.2) is 60.8 Å². The van der Waals surface area contributed by atoms with Gasteiger partial charge in [-0.3, -0.25) is 4.79 Å². The van der Waals surface area contributed by atoms with Crippen molar-refractivity contribution in [2.45, 2.75) is 6.42 Å². The maximum absolute atomic E-state index is 13.0. The SMILES string of the molecule is O=C(Oc1ccccc1)N1CCCN(C(=O)c2cccc3[nH]ccc23)CC1. The highest BCUT2D eigenvalue weighted by atomic mass is 16.6. The maximum atomic E-state index is 13.0. The smallest absolute Gasteiger partial charge is 0.410 e. The van der Waals surface area contributed by atoms with Crippen molar-refractivity contribution in [3.8, 4) is 5.75 Å². The number of aromatic nitrogens is 1. The molecule has 1 aromatic heterocycles. The van der Waals surface area contributed by atoms with E-state index in [-0.39, 0.29) is 12.0 Å². The van der Waals surface area contributed by atoms with E-state index in [0.717, 1.165) is 17.3 Å². The van der Waals surface area contributed by atoms with E-state index in [2.05, 4.69) is 4.98 Å². The summed E-state index contributed by atoms with van der Waals surface area (Å²) in [6.45, 7) is 2.14. The highest BCUT2D eigenvalue weighted by molar-refractivity contribution is 6.06. The molecule has 0 unspecified atom stereocenters. The second-order valence-corrected chi connectivity index (χ2v) is 6.56. The maximum Gasteiger partial charge on any atom is 0.415 e. The Morgan fingerprint density at radius 1 is 0.852 bits per heavy atom. The fraction of sp³-hybridized carbons (Fsp3) is 0.238. The number of amides is 2. The molecule has 2 aromatic carbocycles. The quantitative estimate of drug-likeness (QED) is 0.758. The third-order valence-electron chi connectivity index (χ3n) is 4.82. The number of hydrogen-bond donors (Lipinski definition) is 1. The van der Waals surface area contributed by atoms with Crippen LogP contribution in [0.5, 0.6) is 5.75 Å². The van der Waals surface area contributed by atoms with Crippen LogP contribution in [0.1, 0.15) is 16.8 Å². The van der Waals surface area contributed by atoms with Gasteiger partial charge in [-0.15, -0.1) is 0 Å². The first kappa shape index (κ1) is 17.1. The van der Waals surface area contributed by atoms with Gasteiger partial charge < -0.3 is 19.5 Å². The van der Waals surface area contributed by atoms with Gasteiger partial charge in [0.15, 0.2) is 0 Å². The van der Waals surface area contributed by atoms with Crippen LogP contribution in [-0.4, -0.2) is 53.0 Å². The molecule has 0 radical (unpaired) electrons. The molecule has 0 aliphatic carbocycles. The highest BCUT2D eigenvalue weighted by Crippen LogP contribution is 2.20. The van der Waals surface area contributed by atoms with Crippen LogP contribution in [0.25, 0.3) is 10.9 Å². The summed E-state index contributed by atoms with van der Waals surface area (Å²) in [5.41, 5.74) is 1.64. The Balaban J connectivity index is 1.43. The summed E-state index contributed by atoms with van der Waals surface area (Å²) in [5.74, 6) is 0.525. The molecule has 1 aliphatic heterocycles. The van der Waals surface area contributed by atoms with Gasteiger partial charge in [0.2, 0.25) is 0 Å². The summed E-state index contributed by atoms with van der Waals surface area (Å²) >= 11 is 0. The molecule has 1 N–H and O–H groups in total. The van der Waals surface area contributed by atoms with Crippen molar-refractivity contribution in [2.24, 2.45) is 0 Å². The Labute approximate surface area is 157 Å². The monoisotopic (exact) mass is 363 g/mol. The lowest BCUT2D eigenvalue weighted by Gasteiger charge is -2.22. The van der Waals surface area contributed by atoms with Crippen LogP contribution >= 0.6 is 0 Å². The number of carbonyl (C=O) groups excluding carboxylic acids is 2. The van der Waals surface area contributed by atoms with Crippen LogP contribution in [0.3, 0.4) is 0 Å². The molecule has 1 aliphatic rings. The first-order chi connectivity index (χ1) is 13.2. The second-order valence-electron chi connectivity index (χ2n) is 6.56. The largest absolute Gasteiger partial charge is 0.415 e. The lowest BCUT2D eigenvalue weighted by atomic mass is 10.1. The van der Waals surface area contributed by atoms with Crippen molar-refractivity contribution in [3.05, 3.63) is 66.4 Å². The Morgan fingerprint density at radius 3 is 2.48 bits per heavy atom. The number of aromatic amines is 1. The molecule has 2 amide bonds. The number of para-hydroxylation sites is 1. The minimum absolute atomic E-state index is 0.00141. The summed E-state index contributed by atoms with van der Waals surface area (Å²) in [7, 11) is 0. The Hall–Kier alpha value is -3.28. The molecule has 1 fully saturated rings. The molecule has 6 heteroatoms. The third kappa shape index (κ3) is 3.65. The van der Waals surface area contributed by atoms with Gasteiger partial charge in [-0.25, -0.2) is 4.79 Å². The molecule has 6 nitrogen and oxygen atoms in total. The Morgan fingerprint density at radius 2 is 1.63 bits per heavy atom. The predicted molar refractivity (Wildman–Crippen MR) is 103 cm³/mol. The number of benzene rings is 2. The van der Waals surface area contributed by atoms with Crippen LogP contribution in [-0.2, 0) is 0 Å². The predicted octanol–water partition coefficient (Wildman–Crippen LogP) is 3.51. The van der Waals surface area contributed by atoms with Crippen molar-refractivity contribution in [3.63, 3.8) is 0 Å². The van der Waals surface area contributed by atoms with Crippen molar-refractivity contribution < 1.29 is 14.3 Å². The fourth-order valence-electron chi connectivity index (χ4n) is 3.40. The molecule has 3 aromatic rings. The topological polar surface area (TPSA) is 65.6 Å². The van der Waals surface area contributed by atoms with E-state index in [1.165, 1.54) is 0 Å². The van der Waals surface area contributed by atoms with Crippen LogP contribution < -0.4 is 4.74 Å². The molecular formula is C21H21N3O3. The molecule has 0 atom stereocenters. The van der Waals surface area contributed by atoms with Gasteiger partial charge in [-0.1, -0.05) is 24.3 Å². The van der Waals surface area contributed by atoms with Gasteiger partial charge in [0.25, 0.3) is 5.91 Å². The fourth-order valence-corrected chi connectivity index (χ4v) is 3.40. The normalized spacial score (nSPS) is 14.8. The number of H-pyrrole nitrogens is 1. The molecule has 1 saturated heterocycles. The van der Waals surface area contributed by atoms with Gasteiger partial charge in [0.1, 0.15) is 5.75 Å². The van der Waals surface area contributed by atoms with Crippen LogP contribution in [0.4, 0.5) is 4.79 Å². The van der Waals surface area contributed by atoms with Gasteiger partial charge in [-0.2, -0.15) is 0 Å². The molecular weight excluding hydrogens is 342 g/mol. The number of hydrogen-bond acceptors (Lipinski definition) is 3. The van der Waals surface area contributed by atoms with Crippen molar-refractivity contribution in [1.82, 2.24) is 14.8 Å². The molecule has 0 bridgehead atoms. The Kier molecular flexibility index (Phi) is 4.78. The molecule has 0 saturated carbocycles. The first-order valence-corrected chi connectivity index (χ1v) is 9.09. The molecule has 4 rings (SSSR count). The van der Waals surface area contributed by atoms with E-state index >= 15 is 0 Å². The first-order valence-electron chi connectivity index (χ1n) is 9.09. The van der Waals surface area contributed by atoms with Gasteiger partial charge in [0, 0.05) is 48.8 Å². The number of nitrogens with zero attached hydrogens (tertiary/aromatic N) is 2. The van der Waals surface area contributed by atoms with E-state index in [9.17, 15) is 9.59 Å². The third-order valence-corrected chi connectivity index (χ3v) is 4.82. The van der Waals surface area contributed by atoms with E-state index in [0.29, 0.717) is 37.5 Å². The summed E-state index contributed by atoms with van der Waals surface area (Å²) in [6.07, 6.45) is 2.19.